The third-order valence-corrected chi connectivity index (χ3v) is 4.28. The Balaban J connectivity index is 2.40. The van der Waals surface area contributed by atoms with Gasteiger partial charge in [-0.2, -0.15) is 0 Å². The van der Waals surface area contributed by atoms with Gasteiger partial charge in [0, 0.05) is 6.04 Å². The molecule has 84 valence electrons. The van der Waals surface area contributed by atoms with Crippen molar-refractivity contribution < 1.29 is 8.42 Å². The predicted octanol–water partition coefficient (Wildman–Crippen LogP) is 0.314. The molecule has 1 saturated heterocycles. The van der Waals surface area contributed by atoms with Crippen molar-refractivity contribution in [3.8, 4) is 0 Å². The van der Waals surface area contributed by atoms with E-state index < -0.39 is 10.0 Å². The Morgan fingerprint density at radius 2 is 2.29 bits per heavy atom. The molecule has 0 aromatic rings. The molecular formula is C9H20N2O2S. The molecule has 2 N–H and O–H groups in total. The summed E-state index contributed by atoms with van der Waals surface area (Å²) in [6.07, 6.45) is 1.81. The summed E-state index contributed by atoms with van der Waals surface area (Å²) in [6.45, 7) is 5.65. The van der Waals surface area contributed by atoms with Crippen LogP contribution in [-0.4, -0.2) is 33.3 Å². The average molecular weight is 220 g/mol. The van der Waals surface area contributed by atoms with E-state index in [0.717, 1.165) is 25.9 Å². The molecule has 0 aliphatic carbocycles. The summed E-state index contributed by atoms with van der Waals surface area (Å²) < 4.78 is 25.9. The zero-order chi connectivity index (χ0) is 10.6. The van der Waals surface area contributed by atoms with Gasteiger partial charge in [0.2, 0.25) is 10.0 Å². The van der Waals surface area contributed by atoms with E-state index in [1.807, 2.05) is 13.8 Å². The third kappa shape index (κ3) is 3.94. The van der Waals surface area contributed by atoms with Gasteiger partial charge in [-0.1, -0.05) is 6.92 Å². The van der Waals surface area contributed by atoms with Crippen LogP contribution >= 0.6 is 0 Å². The number of nitrogens with one attached hydrogen (secondary N) is 2. The standard InChI is InChI=1S/C9H20N2O2S/c1-3-8(2)11-14(12,13)7-9-4-5-10-6-9/h8-11H,3-7H2,1-2H3. The Morgan fingerprint density at radius 1 is 1.57 bits per heavy atom. The average Bonchev–Trinajstić information content (AvgIpc) is 2.54. The molecule has 2 unspecified atom stereocenters. The molecule has 1 aliphatic heterocycles. The molecule has 0 spiro atoms. The minimum Gasteiger partial charge on any atom is -0.316 e. The van der Waals surface area contributed by atoms with Crippen LogP contribution in [0.1, 0.15) is 26.7 Å². The van der Waals surface area contributed by atoms with Crippen LogP contribution in [-0.2, 0) is 10.0 Å². The van der Waals surface area contributed by atoms with E-state index in [4.69, 9.17) is 0 Å². The van der Waals surface area contributed by atoms with Gasteiger partial charge in [0.1, 0.15) is 0 Å². The highest BCUT2D eigenvalue weighted by Gasteiger charge is 2.22. The van der Waals surface area contributed by atoms with Crippen LogP contribution in [0.15, 0.2) is 0 Å². The molecule has 1 heterocycles. The van der Waals surface area contributed by atoms with Crippen LogP contribution in [0.4, 0.5) is 0 Å². The highest BCUT2D eigenvalue weighted by atomic mass is 32.2. The fourth-order valence-corrected chi connectivity index (χ4v) is 3.39. The lowest BCUT2D eigenvalue weighted by molar-refractivity contribution is 0.537. The van der Waals surface area contributed by atoms with Gasteiger partial charge in [0.05, 0.1) is 5.75 Å². The van der Waals surface area contributed by atoms with Gasteiger partial charge in [-0.25, -0.2) is 13.1 Å². The molecule has 14 heavy (non-hydrogen) atoms. The van der Waals surface area contributed by atoms with Crippen molar-refractivity contribution in [2.75, 3.05) is 18.8 Å². The molecule has 0 aromatic heterocycles. The third-order valence-electron chi connectivity index (χ3n) is 2.61. The molecule has 2 atom stereocenters. The molecule has 0 amide bonds. The van der Waals surface area contributed by atoms with Crippen molar-refractivity contribution in [2.45, 2.75) is 32.7 Å². The maximum absolute atomic E-state index is 11.6. The van der Waals surface area contributed by atoms with E-state index in [9.17, 15) is 8.42 Å². The van der Waals surface area contributed by atoms with E-state index in [1.54, 1.807) is 0 Å². The molecular weight excluding hydrogens is 200 g/mol. The lowest BCUT2D eigenvalue weighted by Gasteiger charge is -2.14. The Labute approximate surface area is 86.5 Å². The van der Waals surface area contributed by atoms with E-state index >= 15 is 0 Å². The molecule has 5 heteroatoms. The van der Waals surface area contributed by atoms with Gasteiger partial charge in [-0.05, 0) is 38.8 Å². The van der Waals surface area contributed by atoms with Crippen molar-refractivity contribution in [3.63, 3.8) is 0 Å². The van der Waals surface area contributed by atoms with Crippen molar-refractivity contribution in [2.24, 2.45) is 5.92 Å². The van der Waals surface area contributed by atoms with Crippen LogP contribution in [0, 0.1) is 5.92 Å². The van der Waals surface area contributed by atoms with Crippen molar-refractivity contribution in [1.29, 1.82) is 0 Å². The normalized spacial score (nSPS) is 25.1. The van der Waals surface area contributed by atoms with E-state index in [2.05, 4.69) is 10.0 Å². The van der Waals surface area contributed by atoms with Gasteiger partial charge in [0.25, 0.3) is 0 Å². The summed E-state index contributed by atoms with van der Waals surface area (Å²) >= 11 is 0. The summed E-state index contributed by atoms with van der Waals surface area (Å²) in [5.41, 5.74) is 0. The zero-order valence-electron chi connectivity index (χ0n) is 8.91. The molecule has 0 aromatic carbocycles. The second kappa shape index (κ2) is 5.09. The summed E-state index contributed by atoms with van der Waals surface area (Å²) in [5, 5.41) is 3.17. The molecule has 0 radical (unpaired) electrons. The number of rotatable bonds is 5. The van der Waals surface area contributed by atoms with E-state index in [-0.39, 0.29) is 17.7 Å². The second-order valence-corrected chi connectivity index (χ2v) is 5.87. The van der Waals surface area contributed by atoms with E-state index in [0.29, 0.717) is 0 Å². The minimum atomic E-state index is -3.07. The lowest BCUT2D eigenvalue weighted by Crippen LogP contribution is -2.36. The topological polar surface area (TPSA) is 58.2 Å². The largest absolute Gasteiger partial charge is 0.316 e. The second-order valence-electron chi connectivity index (χ2n) is 4.07. The van der Waals surface area contributed by atoms with Crippen LogP contribution < -0.4 is 10.0 Å². The monoisotopic (exact) mass is 220 g/mol. The molecule has 4 nitrogen and oxygen atoms in total. The SMILES string of the molecule is CCC(C)NS(=O)(=O)CC1CCNC1. The molecule has 0 bridgehead atoms. The first-order valence-corrected chi connectivity index (χ1v) is 6.89. The Morgan fingerprint density at radius 3 is 2.79 bits per heavy atom. The summed E-state index contributed by atoms with van der Waals surface area (Å²) in [5.74, 6) is 0.557. The van der Waals surface area contributed by atoms with Gasteiger partial charge in [0.15, 0.2) is 0 Å². The van der Waals surface area contributed by atoms with Crippen molar-refractivity contribution >= 4 is 10.0 Å². The molecule has 1 aliphatic rings. The Bertz CT molecular complexity index is 258. The first-order chi connectivity index (χ1) is 6.53. The first kappa shape index (κ1) is 11.9. The molecule has 1 fully saturated rings. The van der Waals surface area contributed by atoms with Crippen LogP contribution in [0.3, 0.4) is 0 Å². The first-order valence-electron chi connectivity index (χ1n) is 5.24. The van der Waals surface area contributed by atoms with Crippen LogP contribution in [0.5, 0.6) is 0 Å². The van der Waals surface area contributed by atoms with Crippen LogP contribution in [0.2, 0.25) is 0 Å². The fourth-order valence-electron chi connectivity index (χ4n) is 1.60. The number of hydrogen-bond donors (Lipinski definition) is 2. The maximum atomic E-state index is 11.6. The summed E-state index contributed by atoms with van der Waals surface area (Å²) in [6, 6.07) is 0.0503. The Hall–Kier alpha value is -0.130. The maximum Gasteiger partial charge on any atom is 0.212 e. The summed E-state index contributed by atoms with van der Waals surface area (Å²) in [4.78, 5) is 0. The highest BCUT2D eigenvalue weighted by Crippen LogP contribution is 2.10. The van der Waals surface area contributed by atoms with Gasteiger partial charge >= 0.3 is 0 Å². The van der Waals surface area contributed by atoms with Gasteiger partial charge in [-0.3, -0.25) is 0 Å². The lowest BCUT2D eigenvalue weighted by atomic mass is 10.2. The minimum absolute atomic E-state index is 0.0503. The van der Waals surface area contributed by atoms with E-state index in [1.165, 1.54) is 0 Å². The van der Waals surface area contributed by atoms with Gasteiger partial charge in [-0.15, -0.1) is 0 Å². The van der Waals surface area contributed by atoms with Crippen LogP contribution in [0.25, 0.3) is 0 Å². The molecule has 1 rings (SSSR count). The van der Waals surface area contributed by atoms with Crippen molar-refractivity contribution in [1.82, 2.24) is 10.0 Å². The Kier molecular flexibility index (Phi) is 4.34. The predicted molar refractivity (Wildman–Crippen MR) is 57.7 cm³/mol. The fraction of sp³-hybridized carbons (Fsp3) is 1.00. The number of hydrogen-bond acceptors (Lipinski definition) is 3. The zero-order valence-corrected chi connectivity index (χ0v) is 9.73. The van der Waals surface area contributed by atoms with Crippen molar-refractivity contribution in [3.05, 3.63) is 0 Å². The number of sulfonamides is 1. The molecule has 0 saturated carbocycles. The highest BCUT2D eigenvalue weighted by molar-refractivity contribution is 7.89. The smallest absolute Gasteiger partial charge is 0.212 e. The van der Waals surface area contributed by atoms with Gasteiger partial charge < -0.3 is 5.32 Å². The quantitative estimate of drug-likeness (QED) is 0.701. The summed E-state index contributed by atoms with van der Waals surface area (Å²) in [7, 11) is -3.07.